The topological polar surface area (TPSA) is 241 Å². The van der Waals surface area contributed by atoms with Gasteiger partial charge < -0.3 is 59.4 Å². The minimum atomic E-state index is -1.56. The second-order valence-electron chi connectivity index (χ2n) is 4.32. The Morgan fingerprint density at radius 1 is 0.448 bits per heavy atom. The molecule has 0 bridgehead atoms. The zero-order valence-corrected chi connectivity index (χ0v) is 22.0. The molecule has 29 heavy (non-hydrogen) atoms. The van der Waals surface area contributed by atoms with Gasteiger partial charge in [0.15, 0.2) is 0 Å². The van der Waals surface area contributed by atoms with Crippen molar-refractivity contribution in [3.8, 4) is 0 Å². The van der Waals surface area contributed by atoms with Gasteiger partial charge in [0.25, 0.3) is 0 Å². The van der Waals surface area contributed by atoms with Crippen molar-refractivity contribution in [2.24, 2.45) is 0 Å². The van der Waals surface area contributed by atoms with E-state index in [1.807, 2.05) is 0 Å². The van der Waals surface area contributed by atoms with Gasteiger partial charge in [0.1, 0.15) is 0 Å². The number of hydrogen-bond donors (Lipinski definition) is 0. The van der Waals surface area contributed by atoms with E-state index in [1.165, 1.54) is 0 Å². The first-order chi connectivity index (χ1) is 12.1. The van der Waals surface area contributed by atoms with E-state index in [9.17, 15) is 59.4 Å². The molecule has 0 rings (SSSR count). The molecule has 150 valence electrons. The molecule has 0 unspecified atom stereocenters. The molecule has 0 amide bonds. The molecular weight excluding hydrogens is 650 g/mol. The zero-order chi connectivity index (χ0) is 22.3. The van der Waals surface area contributed by atoms with Crippen LogP contribution in [0.5, 0.6) is 0 Å². The molecule has 0 aromatic carbocycles. The van der Waals surface area contributed by atoms with Crippen molar-refractivity contribution < 1.29 is 131 Å². The molecule has 0 aromatic heterocycles. The molecule has 0 heterocycles. The summed E-state index contributed by atoms with van der Waals surface area (Å²) in [6, 6.07) is 0. The summed E-state index contributed by atoms with van der Waals surface area (Å²) >= 11 is 0. The van der Waals surface area contributed by atoms with Crippen LogP contribution in [0.15, 0.2) is 36.5 Å². The molecule has 0 aliphatic carbocycles. The zero-order valence-electron chi connectivity index (χ0n) is 14.8. The Kier molecular flexibility index (Phi) is 27.8. The van der Waals surface area contributed by atoms with Gasteiger partial charge in [-0.05, 0) is 16.7 Å². The van der Waals surface area contributed by atoms with Crippen molar-refractivity contribution in [1.29, 1.82) is 0 Å². The maximum absolute atomic E-state index is 9.73. The van der Waals surface area contributed by atoms with Gasteiger partial charge in [0.05, 0.1) is 17.9 Å². The molecule has 14 heteroatoms. The van der Waals surface area contributed by atoms with E-state index in [0.717, 1.165) is 0 Å². The summed E-state index contributed by atoms with van der Waals surface area (Å²) in [4.78, 5) is 58.2. The average molecular weight is 662 g/mol. The van der Waals surface area contributed by atoms with Crippen molar-refractivity contribution in [1.82, 2.24) is 0 Å². The molecule has 0 aliphatic heterocycles. The molecule has 0 N–H and O–H groups in total. The molecule has 0 spiro atoms. The number of rotatable bonds is 9. The molecule has 0 aromatic rings. The Morgan fingerprint density at radius 3 is 0.621 bits per heavy atom. The van der Waals surface area contributed by atoms with Gasteiger partial charge in [-0.15, -0.1) is 0 Å². The summed E-state index contributed by atoms with van der Waals surface area (Å²) < 4.78 is 0. The third-order valence-electron chi connectivity index (χ3n) is 1.94. The first-order valence-corrected chi connectivity index (χ1v) is 6.38. The van der Waals surface area contributed by atoms with Gasteiger partial charge in [-0.3, -0.25) is 0 Å². The third-order valence-corrected chi connectivity index (χ3v) is 1.94. The van der Waals surface area contributed by atoms with E-state index in [2.05, 4.69) is 19.7 Å². The van der Waals surface area contributed by atoms with Crippen LogP contribution in [-0.2, 0) is 28.8 Å². The predicted molar refractivity (Wildman–Crippen MR) is 71.3 cm³/mol. The van der Waals surface area contributed by atoms with E-state index in [1.54, 1.807) is 0 Å². The maximum Gasteiger partial charge on any atom is 3.00 e. The summed E-state index contributed by atoms with van der Waals surface area (Å²) in [6.07, 6.45) is -2.03. The molecule has 0 saturated heterocycles. The Balaban J connectivity index is -0.0000000960. The van der Waals surface area contributed by atoms with Crippen LogP contribution in [0.25, 0.3) is 0 Å². The molecule has 0 saturated carbocycles. The SMILES string of the molecule is C=C(CC(=O)[O-])C(=O)[O-].C=C(CC(=O)[O-])C(=O)[O-].C=C(CC(=O)[O-])C(=O)[O-].[La+3].[La+3]. The largest absolute Gasteiger partial charge is 3.00 e. The summed E-state index contributed by atoms with van der Waals surface area (Å²) in [6.45, 7) is 8.73. The number of aliphatic carboxylic acids is 6. The van der Waals surface area contributed by atoms with Crippen LogP contribution in [0.3, 0.4) is 0 Å². The van der Waals surface area contributed by atoms with Crippen molar-refractivity contribution in [3.05, 3.63) is 36.5 Å². The average Bonchev–Trinajstić information content (AvgIpc) is 2.46. The Labute approximate surface area is 220 Å². The van der Waals surface area contributed by atoms with Crippen LogP contribution in [0.2, 0.25) is 0 Å². The van der Waals surface area contributed by atoms with Gasteiger partial charge in [0, 0.05) is 37.2 Å². The summed E-state index contributed by atoms with van der Waals surface area (Å²) in [5.41, 5.74) is -1.43. The smallest absolute Gasteiger partial charge is 0.550 e. The fourth-order valence-corrected chi connectivity index (χ4v) is 0.739. The number of carboxylic acid groups (broad SMARTS) is 6. The monoisotopic (exact) mass is 662 g/mol. The van der Waals surface area contributed by atoms with Gasteiger partial charge in [-0.2, -0.15) is 0 Å². The summed E-state index contributed by atoms with van der Waals surface area (Å²) in [5, 5.41) is 58.2. The van der Waals surface area contributed by atoms with Gasteiger partial charge in [0.2, 0.25) is 0 Å². The summed E-state index contributed by atoms with van der Waals surface area (Å²) in [5.74, 6) is -9.07. The number of carbonyl (C=O) groups excluding carboxylic acids is 6. The van der Waals surface area contributed by atoms with Crippen LogP contribution in [0, 0.1) is 71.2 Å². The minimum Gasteiger partial charge on any atom is -0.550 e. The normalized spacial score (nSPS) is 7.86. The van der Waals surface area contributed by atoms with Crippen LogP contribution in [-0.4, -0.2) is 35.8 Å². The van der Waals surface area contributed by atoms with E-state index >= 15 is 0 Å². The van der Waals surface area contributed by atoms with Crippen LogP contribution in [0.1, 0.15) is 19.3 Å². The molecule has 12 nitrogen and oxygen atoms in total. The van der Waals surface area contributed by atoms with Gasteiger partial charge in [-0.25, -0.2) is 0 Å². The molecule has 0 radical (unpaired) electrons. The van der Waals surface area contributed by atoms with E-state index in [4.69, 9.17) is 0 Å². The number of carbonyl (C=O) groups is 6. The second-order valence-corrected chi connectivity index (χ2v) is 4.32. The standard InChI is InChI=1S/3C5H6O4.2La/c3*1-3(5(8)9)2-4(6)7;;/h3*1-2H2,(H,6,7)(H,8,9);;/q;;;2*+3/p-6. The molecular formula is C15H12La2O12. The maximum atomic E-state index is 9.73. The van der Waals surface area contributed by atoms with Crippen molar-refractivity contribution >= 4 is 35.8 Å². The third kappa shape index (κ3) is 31.4. The van der Waals surface area contributed by atoms with E-state index in [0.29, 0.717) is 0 Å². The van der Waals surface area contributed by atoms with Gasteiger partial charge in [-0.1, -0.05) is 19.7 Å². The molecule has 0 fully saturated rings. The minimum absolute atomic E-state index is 0. The number of hydrogen-bond acceptors (Lipinski definition) is 12. The van der Waals surface area contributed by atoms with Crippen molar-refractivity contribution in [2.75, 3.05) is 0 Å². The predicted octanol–water partition coefficient (Wildman–Crippen LogP) is -7.70. The van der Waals surface area contributed by atoms with Crippen LogP contribution >= 0.6 is 0 Å². The first kappa shape index (κ1) is 38.1. The Bertz CT molecular complexity index is 576. The Hall–Kier alpha value is -1.57. The fourth-order valence-electron chi connectivity index (χ4n) is 0.739. The molecule has 0 aliphatic rings. The van der Waals surface area contributed by atoms with Crippen molar-refractivity contribution in [3.63, 3.8) is 0 Å². The first-order valence-electron chi connectivity index (χ1n) is 6.38. The van der Waals surface area contributed by atoms with Crippen LogP contribution < -0.4 is 30.6 Å². The number of carboxylic acids is 6. The van der Waals surface area contributed by atoms with E-state index in [-0.39, 0.29) is 71.2 Å². The second kappa shape index (κ2) is 21.1. The molecule has 0 atom stereocenters. The summed E-state index contributed by atoms with van der Waals surface area (Å²) in [7, 11) is 0. The van der Waals surface area contributed by atoms with Crippen LogP contribution in [0.4, 0.5) is 0 Å². The Morgan fingerprint density at radius 2 is 0.586 bits per heavy atom. The van der Waals surface area contributed by atoms with Gasteiger partial charge >= 0.3 is 71.2 Å². The van der Waals surface area contributed by atoms with Crippen molar-refractivity contribution in [2.45, 2.75) is 19.3 Å². The fraction of sp³-hybridized carbons (Fsp3) is 0.200. The quantitative estimate of drug-likeness (QED) is 0.209. The van der Waals surface area contributed by atoms with E-state index < -0.39 is 71.8 Å².